The normalized spacial score (nSPS) is 16.0. The fourth-order valence-corrected chi connectivity index (χ4v) is 5.12. The Bertz CT molecular complexity index is 1600. The summed E-state index contributed by atoms with van der Waals surface area (Å²) in [4.78, 5) is 17.3. The molecule has 5 aromatic rings. The van der Waals surface area contributed by atoms with E-state index in [2.05, 4.69) is 47.4 Å². The summed E-state index contributed by atoms with van der Waals surface area (Å²) < 4.78 is 34.0. The van der Waals surface area contributed by atoms with Crippen molar-refractivity contribution in [3.8, 4) is 11.3 Å². The molecule has 1 unspecified atom stereocenters. The Morgan fingerprint density at radius 3 is 2.69 bits per heavy atom. The first-order chi connectivity index (χ1) is 17.4. The van der Waals surface area contributed by atoms with Crippen molar-refractivity contribution in [1.82, 2.24) is 34.4 Å². The average Bonchev–Trinajstić information content (AvgIpc) is 3.58. The average molecular weight is 489 g/mol. The quantitative estimate of drug-likeness (QED) is 0.350. The molecule has 0 aliphatic carbocycles. The lowest BCUT2D eigenvalue weighted by Gasteiger charge is -2.13. The fraction of sp³-hybridized carbons (Fsp3) is 0.308. The van der Waals surface area contributed by atoms with Gasteiger partial charge in [-0.05, 0) is 58.0 Å². The molecule has 4 aromatic heterocycles. The number of nitrogens with zero attached hydrogens (tertiary/aromatic N) is 6. The van der Waals surface area contributed by atoms with Crippen LogP contribution in [0.15, 0.2) is 42.9 Å². The van der Waals surface area contributed by atoms with Crippen LogP contribution in [-0.4, -0.2) is 42.2 Å². The molecule has 0 spiro atoms. The lowest BCUT2D eigenvalue weighted by Crippen LogP contribution is -2.12. The van der Waals surface area contributed by atoms with Crippen LogP contribution in [-0.2, 0) is 0 Å². The van der Waals surface area contributed by atoms with Crippen molar-refractivity contribution in [1.29, 1.82) is 0 Å². The lowest BCUT2D eigenvalue weighted by molar-refractivity contribution is 0.565. The van der Waals surface area contributed by atoms with Gasteiger partial charge in [0.15, 0.2) is 11.6 Å². The van der Waals surface area contributed by atoms with Crippen molar-refractivity contribution in [2.75, 3.05) is 18.4 Å². The van der Waals surface area contributed by atoms with Gasteiger partial charge in [-0.25, -0.2) is 28.7 Å². The first-order valence-corrected chi connectivity index (χ1v) is 12.0. The van der Waals surface area contributed by atoms with Crippen LogP contribution in [0.5, 0.6) is 0 Å². The molecule has 5 heterocycles. The molecule has 6 rings (SSSR count). The SMILES string of the molecule is Cc1nc2c(F)cc(-c3nc(Nc4cc5ccn(C6CCNC6)c5cn4)ncc3F)cc2n1C(C)C. The van der Waals surface area contributed by atoms with Crippen LogP contribution in [0.4, 0.5) is 20.5 Å². The maximum Gasteiger partial charge on any atom is 0.229 e. The zero-order valence-corrected chi connectivity index (χ0v) is 20.3. The summed E-state index contributed by atoms with van der Waals surface area (Å²) in [5.41, 5.74) is 2.23. The van der Waals surface area contributed by atoms with E-state index < -0.39 is 11.6 Å². The van der Waals surface area contributed by atoms with Crippen LogP contribution >= 0.6 is 0 Å². The number of pyridine rings is 1. The van der Waals surface area contributed by atoms with Gasteiger partial charge in [0.05, 0.1) is 23.4 Å². The predicted octanol–water partition coefficient (Wildman–Crippen LogP) is 5.29. The molecular formula is C26H26F2N8. The number of benzene rings is 1. The van der Waals surface area contributed by atoms with Crippen LogP contribution in [0.1, 0.15) is 38.2 Å². The van der Waals surface area contributed by atoms with E-state index in [0.29, 0.717) is 28.8 Å². The maximum atomic E-state index is 15.0. The summed E-state index contributed by atoms with van der Waals surface area (Å²) >= 11 is 0. The number of aromatic nitrogens is 6. The van der Waals surface area contributed by atoms with E-state index in [-0.39, 0.29) is 23.2 Å². The summed E-state index contributed by atoms with van der Waals surface area (Å²) in [5, 5.41) is 7.49. The molecule has 1 fully saturated rings. The van der Waals surface area contributed by atoms with E-state index in [1.165, 1.54) is 6.07 Å². The van der Waals surface area contributed by atoms with Crippen LogP contribution in [0, 0.1) is 18.6 Å². The summed E-state index contributed by atoms with van der Waals surface area (Å²) in [6, 6.07) is 7.43. The van der Waals surface area contributed by atoms with Crippen LogP contribution in [0.3, 0.4) is 0 Å². The maximum absolute atomic E-state index is 15.0. The van der Waals surface area contributed by atoms with Gasteiger partial charge in [0.2, 0.25) is 5.95 Å². The fourth-order valence-electron chi connectivity index (χ4n) is 5.12. The van der Waals surface area contributed by atoms with E-state index in [4.69, 9.17) is 0 Å². The predicted molar refractivity (Wildman–Crippen MR) is 135 cm³/mol. The van der Waals surface area contributed by atoms with E-state index >= 15 is 0 Å². The van der Waals surface area contributed by atoms with Crippen molar-refractivity contribution in [3.05, 3.63) is 60.3 Å². The second kappa shape index (κ2) is 8.63. The molecule has 1 aliphatic rings. The number of fused-ring (bicyclic) bond motifs is 2. The highest BCUT2D eigenvalue weighted by atomic mass is 19.1. The Kier molecular flexibility index (Phi) is 5.40. The third-order valence-electron chi connectivity index (χ3n) is 6.73. The lowest BCUT2D eigenvalue weighted by atomic mass is 10.1. The summed E-state index contributed by atoms with van der Waals surface area (Å²) in [6.07, 6.45) is 6.06. The molecule has 1 saturated heterocycles. The Morgan fingerprint density at radius 2 is 1.92 bits per heavy atom. The highest BCUT2D eigenvalue weighted by molar-refractivity contribution is 5.84. The van der Waals surface area contributed by atoms with Crippen molar-refractivity contribution in [2.45, 2.75) is 39.3 Å². The van der Waals surface area contributed by atoms with Gasteiger partial charge >= 0.3 is 0 Å². The molecule has 10 heteroatoms. The molecular weight excluding hydrogens is 462 g/mol. The first kappa shape index (κ1) is 22.5. The van der Waals surface area contributed by atoms with Crippen LogP contribution in [0.25, 0.3) is 33.2 Å². The van der Waals surface area contributed by atoms with Crippen LogP contribution < -0.4 is 10.6 Å². The van der Waals surface area contributed by atoms with Gasteiger partial charge in [-0.1, -0.05) is 0 Å². The Labute approximate surface area is 206 Å². The van der Waals surface area contributed by atoms with Gasteiger partial charge in [0, 0.05) is 35.8 Å². The second-order valence-electron chi connectivity index (χ2n) is 9.46. The van der Waals surface area contributed by atoms with E-state index in [1.54, 1.807) is 6.07 Å². The number of rotatable bonds is 5. The van der Waals surface area contributed by atoms with Gasteiger partial charge < -0.3 is 19.8 Å². The molecule has 2 N–H and O–H groups in total. The monoisotopic (exact) mass is 488 g/mol. The molecule has 0 saturated carbocycles. The zero-order valence-electron chi connectivity index (χ0n) is 20.3. The smallest absolute Gasteiger partial charge is 0.229 e. The third kappa shape index (κ3) is 3.78. The highest BCUT2D eigenvalue weighted by Crippen LogP contribution is 2.31. The summed E-state index contributed by atoms with van der Waals surface area (Å²) in [6.45, 7) is 7.77. The van der Waals surface area contributed by atoms with Crippen molar-refractivity contribution < 1.29 is 8.78 Å². The number of nitrogens with one attached hydrogen (secondary N) is 2. The number of hydrogen-bond acceptors (Lipinski definition) is 6. The standard InChI is InChI=1S/C26H26F2N8/c1-14(2)36-15(3)32-25-19(27)8-17(9-21(25)36)24-20(28)12-31-26(34-24)33-23-10-16-5-7-35(22(16)13-30-23)18-4-6-29-11-18/h5,7-10,12-14,18,29H,4,6,11H2,1-3H3,(H,30,31,33,34). The van der Waals surface area contributed by atoms with E-state index in [1.807, 2.05) is 37.6 Å². The molecule has 1 aromatic carbocycles. The highest BCUT2D eigenvalue weighted by Gasteiger charge is 2.20. The minimum Gasteiger partial charge on any atom is -0.342 e. The minimum atomic E-state index is -0.641. The van der Waals surface area contributed by atoms with Crippen LogP contribution in [0.2, 0.25) is 0 Å². The molecule has 8 nitrogen and oxygen atoms in total. The molecule has 184 valence electrons. The summed E-state index contributed by atoms with van der Waals surface area (Å²) in [5.74, 6) is 0.245. The van der Waals surface area contributed by atoms with E-state index in [9.17, 15) is 8.78 Å². The van der Waals surface area contributed by atoms with Crippen molar-refractivity contribution in [2.24, 2.45) is 0 Å². The van der Waals surface area contributed by atoms with Gasteiger partial charge in [0.1, 0.15) is 22.9 Å². The summed E-state index contributed by atoms with van der Waals surface area (Å²) in [7, 11) is 0. The molecule has 0 bridgehead atoms. The second-order valence-corrected chi connectivity index (χ2v) is 9.46. The van der Waals surface area contributed by atoms with Gasteiger partial charge in [-0.2, -0.15) is 0 Å². The number of hydrogen-bond donors (Lipinski definition) is 2. The molecule has 0 radical (unpaired) electrons. The Morgan fingerprint density at radius 1 is 1.06 bits per heavy atom. The minimum absolute atomic E-state index is 0.00317. The van der Waals surface area contributed by atoms with Crippen molar-refractivity contribution in [3.63, 3.8) is 0 Å². The Hall–Kier alpha value is -3.92. The zero-order chi connectivity index (χ0) is 25.0. The number of imidazole rings is 1. The van der Waals surface area contributed by atoms with Gasteiger partial charge in [-0.3, -0.25) is 0 Å². The number of halogens is 2. The van der Waals surface area contributed by atoms with Gasteiger partial charge in [-0.15, -0.1) is 0 Å². The topological polar surface area (TPSA) is 85.5 Å². The third-order valence-corrected chi connectivity index (χ3v) is 6.73. The molecule has 0 amide bonds. The Balaban J connectivity index is 1.35. The molecule has 1 atom stereocenters. The molecule has 36 heavy (non-hydrogen) atoms. The van der Waals surface area contributed by atoms with E-state index in [0.717, 1.165) is 36.6 Å². The molecule has 1 aliphatic heterocycles. The number of aryl methyl sites for hydroxylation is 1. The number of anilines is 2. The van der Waals surface area contributed by atoms with Gasteiger partial charge in [0.25, 0.3) is 0 Å². The van der Waals surface area contributed by atoms with Crippen molar-refractivity contribution >= 4 is 33.7 Å². The largest absolute Gasteiger partial charge is 0.342 e. The first-order valence-electron chi connectivity index (χ1n) is 12.0.